The van der Waals surface area contributed by atoms with Crippen LogP contribution in [0.5, 0.6) is 0 Å². The Bertz CT molecular complexity index is 3440. The van der Waals surface area contributed by atoms with Crippen molar-refractivity contribution >= 4 is 69.7 Å². The van der Waals surface area contributed by atoms with E-state index in [1.807, 2.05) is 0 Å². The second kappa shape index (κ2) is 21.4. The number of hydrogen-bond donors (Lipinski definition) is 3. The largest absolute Gasteiger partial charge is 0.469 e. The number of pyridine rings is 1. The summed E-state index contributed by atoms with van der Waals surface area (Å²) in [6, 6.07) is 10.2. The zero-order valence-corrected chi connectivity index (χ0v) is 43.3. The summed E-state index contributed by atoms with van der Waals surface area (Å²) < 4.78 is 190. The van der Waals surface area contributed by atoms with Gasteiger partial charge >= 0.3 is 20.2 Å². The average Bonchev–Trinajstić information content (AvgIpc) is 3.93. The Morgan fingerprint density at radius 3 is 2.22 bits per heavy atom. The van der Waals surface area contributed by atoms with E-state index in [1.165, 1.54) is 50.4 Å². The van der Waals surface area contributed by atoms with Crippen LogP contribution >= 0.6 is 19.4 Å². The van der Waals surface area contributed by atoms with Gasteiger partial charge in [-0.25, -0.2) is 26.8 Å². The van der Waals surface area contributed by atoms with Gasteiger partial charge in [0, 0.05) is 58.1 Å². The van der Waals surface area contributed by atoms with Crippen molar-refractivity contribution in [1.82, 2.24) is 29.9 Å². The van der Waals surface area contributed by atoms with E-state index in [2.05, 4.69) is 36.9 Å². The molecule has 0 aliphatic heterocycles. The van der Waals surface area contributed by atoms with Crippen LogP contribution in [0.1, 0.15) is 89.0 Å². The van der Waals surface area contributed by atoms with Gasteiger partial charge in [0.25, 0.3) is 11.8 Å². The molecule has 0 spiro atoms. The number of aromatic nitrogens is 5. The number of anilines is 1. The Hall–Kier alpha value is -6.01. The van der Waals surface area contributed by atoms with Crippen molar-refractivity contribution in [1.29, 1.82) is 0 Å². The summed E-state index contributed by atoms with van der Waals surface area (Å²) in [6.07, 6.45) is -9.76. The number of rotatable bonds is 15. The molecule has 406 valence electrons. The molecule has 3 unspecified atom stereocenters. The van der Waals surface area contributed by atoms with Gasteiger partial charge in [-0.1, -0.05) is 48.7 Å². The van der Waals surface area contributed by atoms with Gasteiger partial charge in [-0.3, -0.25) is 27.7 Å². The first kappa shape index (κ1) is 57.7. The van der Waals surface area contributed by atoms with Crippen molar-refractivity contribution in [2.75, 3.05) is 16.8 Å². The fraction of sp³-hybridized carbons (Fsp3) is 0.340. The number of amides is 2. The number of halogens is 11. The van der Waals surface area contributed by atoms with Gasteiger partial charge in [-0.05, 0) is 79.6 Å². The van der Waals surface area contributed by atoms with Crippen molar-refractivity contribution in [3.63, 3.8) is 0 Å². The molecule has 3 aromatic heterocycles. The molecule has 3 heterocycles. The third kappa shape index (κ3) is 12.7. The first-order chi connectivity index (χ1) is 35.2. The second-order valence-corrected chi connectivity index (χ2v) is 22.7. The van der Waals surface area contributed by atoms with Crippen molar-refractivity contribution in [3.05, 3.63) is 128 Å². The van der Waals surface area contributed by atoms with E-state index in [4.69, 9.17) is 11.6 Å². The summed E-state index contributed by atoms with van der Waals surface area (Å²) in [6.45, 7) is 0.0442. The predicted molar refractivity (Wildman–Crippen MR) is 258 cm³/mol. The molecule has 7 rings (SSSR count). The number of carbonyl (C=O) groups is 2. The third-order valence-corrected chi connectivity index (χ3v) is 15.0. The Morgan fingerprint density at radius 1 is 0.974 bits per heavy atom. The van der Waals surface area contributed by atoms with Gasteiger partial charge in [-0.15, -0.1) is 0 Å². The quantitative estimate of drug-likeness (QED) is 0.0503. The molecule has 1 aliphatic rings. The smallest absolute Gasteiger partial charge is 0.346 e. The summed E-state index contributed by atoms with van der Waals surface area (Å²) in [7, 11) is -9.26. The molecule has 0 saturated heterocycles. The van der Waals surface area contributed by atoms with Crippen LogP contribution in [0.25, 0.3) is 22.0 Å². The van der Waals surface area contributed by atoms with E-state index in [0.717, 1.165) is 43.5 Å². The first-order valence-corrected chi connectivity index (χ1v) is 27.0. The number of hydrogen-bond acceptors (Lipinski definition) is 9. The van der Waals surface area contributed by atoms with Gasteiger partial charge in [0.1, 0.15) is 51.8 Å². The van der Waals surface area contributed by atoms with Gasteiger partial charge in [-0.2, -0.15) is 45.3 Å². The Morgan fingerprint density at radius 2 is 1.62 bits per heavy atom. The molecule has 1 aliphatic carbocycles. The Balaban J connectivity index is 1.48. The summed E-state index contributed by atoms with van der Waals surface area (Å²) in [5, 5.41) is 9.10. The summed E-state index contributed by atoms with van der Waals surface area (Å²) in [5.41, 5.74) is -6.11. The van der Waals surface area contributed by atoms with Gasteiger partial charge < -0.3 is 15.1 Å². The number of phosphoric ester groups is 1. The highest BCUT2D eigenvalue weighted by Gasteiger charge is 2.53. The molecule has 0 saturated carbocycles. The minimum Gasteiger partial charge on any atom is -0.346 e. The van der Waals surface area contributed by atoms with E-state index in [0.29, 0.717) is 15.1 Å². The number of nitrogens with zero attached hydrogens (tertiary/aromatic N) is 6. The van der Waals surface area contributed by atoms with Crippen LogP contribution in [-0.2, 0) is 73.9 Å². The molecule has 15 nitrogen and oxygen atoms in total. The van der Waals surface area contributed by atoms with Crippen LogP contribution < -0.4 is 9.62 Å². The van der Waals surface area contributed by atoms with E-state index >= 15 is 8.78 Å². The molecule has 29 heteroatoms. The fourth-order valence-electron chi connectivity index (χ4n) is 8.47. The molecule has 0 fully saturated rings. The normalized spacial score (nSPS) is 15.9. The second-order valence-electron chi connectivity index (χ2n) is 17.9. The van der Waals surface area contributed by atoms with Crippen LogP contribution in [0.15, 0.2) is 66.7 Å². The third-order valence-electron chi connectivity index (χ3n) is 11.8. The van der Waals surface area contributed by atoms with Crippen LogP contribution in [0.3, 0.4) is 0 Å². The van der Waals surface area contributed by atoms with Gasteiger partial charge in [0.15, 0.2) is 11.5 Å². The molecule has 0 bridgehead atoms. The van der Waals surface area contributed by atoms with Crippen molar-refractivity contribution in [2.45, 2.75) is 88.3 Å². The van der Waals surface area contributed by atoms with Crippen LogP contribution in [0.4, 0.5) is 49.7 Å². The number of carbonyl (C=O) groups excluding carboxylic acids is 2. The Labute approximate surface area is 435 Å². The van der Waals surface area contributed by atoms with Gasteiger partial charge in [0.2, 0.25) is 5.91 Å². The molecule has 2 amide bonds. The average molecular weight is 1150 g/mol. The molecule has 0 radical (unpaired) electrons. The van der Waals surface area contributed by atoms with Crippen molar-refractivity contribution < 1.29 is 80.8 Å². The molecule has 3 N–H and O–H groups in total. The number of fused-ring (bicyclic) bond motifs is 2. The highest BCUT2D eigenvalue weighted by molar-refractivity contribution is 7.86. The fourth-order valence-corrected chi connectivity index (χ4v) is 9.92. The maximum atomic E-state index is 15.5. The minimum absolute atomic E-state index is 0.170. The molecule has 6 aromatic rings. The maximum Gasteiger partial charge on any atom is 0.469 e. The molecule has 3 aromatic carbocycles. The highest BCUT2D eigenvalue weighted by Crippen LogP contribution is 2.52. The first-order valence-electron chi connectivity index (χ1n) is 22.1. The SMILES string of the molecule is C[C@H]1CC(F)(F)c2c1c(C(F)(F)F)nn2CC(=O)NC(Cc1cc(F)cc(F)c1)c1nc(C#CC(C)(C)S(C)=O)ccc1-c1ccc(Cl)c2c(N(C(=O)c3ccccc3COP(=O)(O)O)S(C)=O)nn(CC(F)(F)F)c12. The van der Waals surface area contributed by atoms with Crippen molar-refractivity contribution in [3.8, 4) is 23.0 Å². The van der Waals surface area contributed by atoms with Crippen LogP contribution in [0.2, 0.25) is 5.02 Å². The van der Waals surface area contributed by atoms with E-state index in [9.17, 15) is 67.5 Å². The van der Waals surface area contributed by atoms with Crippen LogP contribution in [-0.4, -0.2) is 78.0 Å². The zero-order valence-electron chi connectivity index (χ0n) is 40.0. The van der Waals surface area contributed by atoms with E-state index in [1.54, 1.807) is 0 Å². The summed E-state index contributed by atoms with van der Waals surface area (Å²) in [4.78, 5) is 52.0. The molecular formula is C47H41ClF10N7O8PS2. The lowest BCUT2D eigenvalue weighted by molar-refractivity contribution is -0.143. The number of nitrogens with one attached hydrogen (secondary N) is 1. The monoisotopic (exact) mass is 1150 g/mol. The van der Waals surface area contributed by atoms with Gasteiger partial charge in [0.05, 0.1) is 34.3 Å². The van der Waals surface area contributed by atoms with Crippen LogP contribution in [0, 0.1) is 23.5 Å². The topological polar surface area (TPSA) is 199 Å². The lowest BCUT2D eigenvalue weighted by atomic mass is 9.93. The maximum absolute atomic E-state index is 15.5. The summed E-state index contributed by atoms with van der Waals surface area (Å²) >= 11 is 6.76. The zero-order chi connectivity index (χ0) is 56.2. The van der Waals surface area contributed by atoms with E-state index < -0.39 is 171 Å². The predicted octanol–water partition coefficient (Wildman–Crippen LogP) is 9.56. The van der Waals surface area contributed by atoms with E-state index in [-0.39, 0.29) is 32.6 Å². The minimum atomic E-state index is -5.24. The molecule has 4 atom stereocenters. The standard InChI is InChI=1S/C47H41ClF10N7O8PS2/c1-24-20-45(51,52)41-36(24)40(47(56,57)58)61-63(41)21-35(66)60-34(18-25-16-27(49)19-28(50)17-25)38-31(11-10-29(59-38)14-15-44(2,3)75(4)71)32-12-13-33(48)37-39(32)64(23-46(53,54)55)62-42(37)65(76(5)72)43(67)30-9-7-6-8-26(30)22-73-74(68,69)70/h6-13,16-17,19,24,34H,18,20-23H2,1-5H3,(H,60,66)(H2,68,69,70)/t24-,34?,75?,76?/m0/s1. The lowest BCUT2D eigenvalue weighted by Gasteiger charge is -2.23. The number of benzene rings is 3. The Kier molecular flexibility index (Phi) is 16.3. The molecule has 76 heavy (non-hydrogen) atoms. The van der Waals surface area contributed by atoms with Crippen molar-refractivity contribution in [2.24, 2.45) is 0 Å². The highest BCUT2D eigenvalue weighted by atomic mass is 35.5. The molecular weight excluding hydrogens is 1110 g/mol. The number of phosphoric acid groups is 1. The summed E-state index contributed by atoms with van der Waals surface area (Å²) in [5.74, 6) is -5.27. The number of alkyl halides is 8. The lowest BCUT2D eigenvalue weighted by Crippen LogP contribution is -2.35.